The highest BCUT2D eigenvalue weighted by atomic mass is 32.1. The van der Waals surface area contributed by atoms with Gasteiger partial charge < -0.3 is 5.73 Å². The maximum Gasteiger partial charge on any atom is 0.0108 e. The largest absolute Gasteiger partial charge is 0.327 e. The third kappa shape index (κ3) is 1.29. The number of hydrogen-bond donors (Lipinski definition) is 1. The molecule has 0 aromatic carbocycles. The molecule has 1 aromatic heterocycles. The van der Waals surface area contributed by atoms with Crippen LogP contribution < -0.4 is 5.73 Å². The van der Waals surface area contributed by atoms with Crippen molar-refractivity contribution in [2.75, 3.05) is 0 Å². The normalized spacial score (nSPS) is 29.5. The zero-order valence-electron chi connectivity index (χ0n) is 7.42. The first-order chi connectivity index (χ1) is 5.79. The summed E-state index contributed by atoms with van der Waals surface area (Å²) in [4.78, 5) is 1.46. The molecule has 1 aromatic rings. The van der Waals surface area contributed by atoms with Crippen molar-refractivity contribution in [3.63, 3.8) is 0 Å². The van der Waals surface area contributed by atoms with Crippen LogP contribution in [0.2, 0.25) is 0 Å². The molecule has 12 heavy (non-hydrogen) atoms. The SMILES string of the molecule is Cc1sccc1C1CCCC1N. The minimum Gasteiger partial charge on any atom is -0.327 e. The highest BCUT2D eigenvalue weighted by molar-refractivity contribution is 7.10. The van der Waals surface area contributed by atoms with Gasteiger partial charge in [0.2, 0.25) is 0 Å². The second-order valence-corrected chi connectivity index (χ2v) is 4.75. The van der Waals surface area contributed by atoms with E-state index in [1.807, 2.05) is 11.3 Å². The molecule has 1 fully saturated rings. The first-order valence-electron chi connectivity index (χ1n) is 4.58. The van der Waals surface area contributed by atoms with E-state index in [4.69, 9.17) is 5.73 Å². The van der Waals surface area contributed by atoms with Crippen molar-refractivity contribution in [2.24, 2.45) is 5.73 Å². The second kappa shape index (κ2) is 3.19. The van der Waals surface area contributed by atoms with Crippen LogP contribution in [0, 0.1) is 6.92 Å². The molecule has 0 aliphatic heterocycles. The van der Waals surface area contributed by atoms with Crippen LogP contribution in [0.3, 0.4) is 0 Å². The van der Waals surface area contributed by atoms with Gasteiger partial charge in [-0.2, -0.15) is 0 Å². The van der Waals surface area contributed by atoms with Crippen molar-refractivity contribution in [1.82, 2.24) is 0 Å². The van der Waals surface area contributed by atoms with Crippen molar-refractivity contribution in [2.45, 2.75) is 38.1 Å². The Hall–Kier alpha value is -0.340. The predicted molar refractivity (Wildman–Crippen MR) is 53.6 cm³/mol. The molecular formula is C10H15NS. The fourth-order valence-corrected chi connectivity index (χ4v) is 2.93. The van der Waals surface area contributed by atoms with Gasteiger partial charge in [-0.05, 0) is 36.8 Å². The molecule has 1 aliphatic carbocycles. The topological polar surface area (TPSA) is 26.0 Å². The van der Waals surface area contributed by atoms with Crippen LogP contribution in [0.1, 0.15) is 35.6 Å². The summed E-state index contributed by atoms with van der Waals surface area (Å²) in [6.07, 6.45) is 3.81. The zero-order chi connectivity index (χ0) is 8.55. The average Bonchev–Trinajstić information content (AvgIpc) is 2.59. The molecule has 2 heteroatoms. The molecule has 1 saturated carbocycles. The number of aryl methyl sites for hydroxylation is 1. The van der Waals surface area contributed by atoms with E-state index in [2.05, 4.69) is 18.4 Å². The second-order valence-electron chi connectivity index (χ2n) is 3.63. The molecule has 1 aliphatic rings. The van der Waals surface area contributed by atoms with Gasteiger partial charge in [0, 0.05) is 16.8 Å². The Labute approximate surface area is 77.6 Å². The summed E-state index contributed by atoms with van der Waals surface area (Å²) in [5, 5.41) is 2.18. The van der Waals surface area contributed by atoms with Crippen LogP contribution in [0.25, 0.3) is 0 Å². The highest BCUT2D eigenvalue weighted by Crippen LogP contribution is 2.36. The van der Waals surface area contributed by atoms with Crippen molar-refractivity contribution in [3.05, 3.63) is 21.9 Å². The highest BCUT2D eigenvalue weighted by Gasteiger charge is 2.26. The quantitative estimate of drug-likeness (QED) is 0.708. The zero-order valence-corrected chi connectivity index (χ0v) is 8.23. The third-order valence-electron chi connectivity index (χ3n) is 2.87. The van der Waals surface area contributed by atoms with Crippen LogP contribution in [-0.2, 0) is 0 Å². The fourth-order valence-electron chi connectivity index (χ4n) is 2.15. The number of thiophene rings is 1. The van der Waals surface area contributed by atoms with Crippen molar-refractivity contribution >= 4 is 11.3 Å². The molecule has 66 valence electrons. The smallest absolute Gasteiger partial charge is 0.0108 e. The van der Waals surface area contributed by atoms with Crippen molar-refractivity contribution < 1.29 is 0 Å². The average molecular weight is 181 g/mol. The minimum atomic E-state index is 0.415. The summed E-state index contributed by atoms with van der Waals surface area (Å²) < 4.78 is 0. The Morgan fingerprint density at radius 1 is 1.50 bits per heavy atom. The van der Waals surface area contributed by atoms with Crippen LogP contribution in [0.5, 0.6) is 0 Å². The molecular weight excluding hydrogens is 166 g/mol. The Morgan fingerprint density at radius 3 is 2.83 bits per heavy atom. The van der Waals surface area contributed by atoms with Crippen LogP contribution >= 0.6 is 11.3 Å². The molecule has 2 N–H and O–H groups in total. The third-order valence-corrected chi connectivity index (χ3v) is 3.73. The Balaban J connectivity index is 2.24. The van der Waals surface area contributed by atoms with E-state index in [-0.39, 0.29) is 0 Å². The lowest BCUT2D eigenvalue weighted by molar-refractivity contribution is 0.612. The lowest BCUT2D eigenvalue weighted by Gasteiger charge is -2.14. The van der Waals surface area contributed by atoms with Gasteiger partial charge in [0.1, 0.15) is 0 Å². The Bertz CT molecular complexity index is 267. The lowest BCUT2D eigenvalue weighted by Crippen LogP contribution is -2.22. The summed E-state index contributed by atoms with van der Waals surface area (Å²) >= 11 is 1.84. The molecule has 0 saturated heterocycles. The van der Waals surface area contributed by atoms with Gasteiger partial charge in [0.05, 0.1) is 0 Å². The van der Waals surface area contributed by atoms with Gasteiger partial charge in [-0.15, -0.1) is 11.3 Å². The first-order valence-corrected chi connectivity index (χ1v) is 5.46. The van der Waals surface area contributed by atoms with Gasteiger partial charge in [-0.3, -0.25) is 0 Å². The molecule has 1 nitrogen and oxygen atoms in total. The first kappa shape index (κ1) is 8.27. The monoisotopic (exact) mass is 181 g/mol. The number of nitrogens with two attached hydrogens (primary N) is 1. The van der Waals surface area contributed by atoms with E-state index in [9.17, 15) is 0 Å². The predicted octanol–water partition coefficient (Wildman–Crippen LogP) is 2.65. The Kier molecular flexibility index (Phi) is 2.20. The van der Waals surface area contributed by atoms with E-state index in [0.717, 1.165) is 0 Å². The summed E-state index contributed by atoms with van der Waals surface area (Å²) in [5.74, 6) is 0.649. The maximum absolute atomic E-state index is 6.04. The van der Waals surface area contributed by atoms with E-state index in [0.29, 0.717) is 12.0 Å². The molecule has 0 radical (unpaired) electrons. The van der Waals surface area contributed by atoms with E-state index in [1.165, 1.54) is 29.7 Å². The maximum atomic E-state index is 6.04. The fraction of sp³-hybridized carbons (Fsp3) is 0.600. The summed E-state index contributed by atoms with van der Waals surface area (Å²) in [6.45, 7) is 2.20. The summed E-state index contributed by atoms with van der Waals surface area (Å²) in [6, 6.07) is 2.66. The Morgan fingerprint density at radius 2 is 2.33 bits per heavy atom. The molecule has 0 bridgehead atoms. The van der Waals surface area contributed by atoms with Crippen LogP contribution in [0.15, 0.2) is 11.4 Å². The molecule has 2 rings (SSSR count). The molecule has 0 spiro atoms. The minimum absolute atomic E-state index is 0.415. The number of rotatable bonds is 1. The van der Waals surface area contributed by atoms with E-state index >= 15 is 0 Å². The van der Waals surface area contributed by atoms with Gasteiger partial charge in [0.15, 0.2) is 0 Å². The van der Waals surface area contributed by atoms with Gasteiger partial charge >= 0.3 is 0 Å². The van der Waals surface area contributed by atoms with Crippen LogP contribution in [-0.4, -0.2) is 6.04 Å². The van der Waals surface area contributed by atoms with Gasteiger partial charge in [-0.25, -0.2) is 0 Å². The molecule has 1 heterocycles. The standard InChI is InChI=1S/C10H15NS/c1-7-8(5-6-12-7)9-3-2-4-10(9)11/h5-6,9-10H,2-4,11H2,1H3. The molecule has 2 atom stereocenters. The number of hydrogen-bond acceptors (Lipinski definition) is 2. The lowest BCUT2D eigenvalue weighted by atomic mass is 9.95. The van der Waals surface area contributed by atoms with Crippen LogP contribution in [0.4, 0.5) is 0 Å². The van der Waals surface area contributed by atoms with Gasteiger partial charge in [0.25, 0.3) is 0 Å². The van der Waals surface area contributed by atoms with Gasteiger partial charge in [-0.1, -0.05) is 6.42 Å². The van der Waals surface area contributed by atoms with E-state index in [1.54, 1.807) is 0 Å². The van der Waals surface area contributed by atoms with Crippen molar-refractivity contribution in [3.8, 4) is 0 Å². The molecule has 0 amide bonds. The molecule has 2 unspecified atom stereocenters. The van der Waals surface area contributed by atoms with E-state index < -0.39 is 0 Å². The summed E-state index contributed by atoms with van der Waals surface area (Å²) in [7, 11) is 0. The summed E-state index contributed by atoms with van der Waals surface area (Å²) in [5.41, 5.74) is 7.55. The van der Waals surface area contributed by atoms with Crippen molar-refractivity contribution in [1.29, 1.82) is 0 Å².